The van der Waals surface area contributed by atoms with E-state index < -0.39 is 128 Å². The third-order valence-electron chi connectivity index (χ3n) is 43.8. The van der Waals surface area contributed by atoms with E-state index in [1.165, 1.54) is 96.3 Å². The van der Waals surface area contributed by atoms with Crippen LogP contribution in [-0.2, 0) is 99.7 Å². The van der Waals surface area contributed by atoms with E-state index in [0.717, 1.165) is 135 Å². The molecule has 15 aliphatic heterocycles. The maximum absolute atomic E-state index is 13.0. The van der Waals surface area contributed by atoms with Crippen LogP contribution in [0.3, 0.4) is 0 Å². The van der Waals surface area contributed by atoms with Gasteiger partial charge < -0.3 is 27.3 Å². The van der Waals surface area contributed by atoms with Crippen molar-refractivity contribution in [1.82, 2.24) is 128 Å². The zero-order valence-corrected chi connectivity index (χ0v) is 91.5. The Kier molecular flexibility index (Phi) is 32.0. The molecule has 42 nitrogen and oxygen atoms in total. The number of fused-ring (bicyclic) bond motifs is 60. The molecule has 15 heterocycles. The maximum atomic E-state index is 13.0. The van der Waals surface area contributed by atoms with Gasteiger partial charge in [0.05, 0.1) is 240 Å². The van der Waals surface area contributed by atoms with Crippen molar-refractivity contribution in [1.29, 1.82) is 0 Å². The van der Waals surface area contributed by atoms with Gasteiger partial charge in [-0.3, -0.25) is 128 Å². The molecule has 50 heteroatoms. The van der Waals surface area contributed by atoms with E-state index in [0.29, 0.717) is 126 Å². The summed E-state index contributed by atoms with van der Waals surface area (Å²) in [5.41, 5.74) is 0. The van der Waals surface area contributed by atoms with E-state index in [4.69, 9.17) is 0 Å². The monoisotopic (exact) mass is 2340 g/mol. The van der Waals surface area contributed by atoms with Gasteiger partial charge in [0.15, 0.2) is 0 Å². The van der Waals surface area contributed by atoms with E-state index >= 15 is 0 Å². The fourth-order valence-corrected chi connectivity index (χ4v) is 47.0. The number of hydrogen-bond donors (Lipinski definition) is 24. The van der Waals surface area contributed by atoms with Crippen molar-refractivity contribution in [3.8, 4) is 0 Å². The van der Waals surface area contributed by atoms with Crippen molar-refractivity contribution < 1.29 is 117 Å². The van der Waals surface area contributed by atoms with Crippen LogP contribution >= 0.6 is 0 Å². The Bertz CT molecular complexity index is 4840. The van der Waals surface area contributed by atoms with Gasteiger partial charge in [-0.15, -0.1) is 0 Å². The van der Waals surface area contributed by atoms with Crippen molar-refractivity contribution in [2.75, 3.05) is 0 Å². The molecule has 27 rings (SSSR count). The van der Waals surface area contributed by atoms with Crippen molar-refractivity contribution in [3.63, 3.8) is 0 Å². The van der Waals surface area contributed by atoms with Crippen LogP contribution in [0.1, 0.15) is 270 Å². The summed E-state index contributed by atoms with van der Waals surface area (Å²) >= 11 is 0. The molecule has 27 aliphatic rings. The minimum Gasteiger partial charge on any atom is -0.748 e. The summed E-state index contributed by atoms with van der Waals surface area (Å²) in [4.78, 5) is 0. The zero-order chi connectivity index (χ0) is 98.8. The van der Waals surface area contributed by atoms with Gasteiger partial charge in [-0.05, 0) is 278 Å². The van der Waals surface area contributed by atoms with Crippen LogP contribution in [0, 0.1) is 142 Å². The fourth-order valence-electron chi connectivity index (χ4n) is 38.0. The second-order valence-corrected chi connectivity index (χ2v) is 59.8. The number of rotatable bonds is 6. The molecule has 24 bridgehead atoms. The molecule has 0 aromatic carbocycles. The van der Waals surface area contributed by atoms with Crippen LogP contribution in [0.25, 0.3) is 0 Å². The Morgan fingerprint density at radius 2 is 0.219 bits per heavy atom. The number of hydrogen-bond acceptors (Lipinski definition) is 42. The first-order valence-corrected chi connectivity index (χ1v) is 65.9. The van der Waals surface area contributed by atoms with Crippen LogP contribution in [0.5, 0.6) is 0 Å². The van der Waals surface area contributed by atoms with E-state index in [1.807, 2.05) is 0 Å². The fraction of sp³-hybridized carbons (Fsp3) is 1.00. The Morgan fingerprint density at radius 3 is 0.315 bits per heavy atom. The van der Waals surface area contributed by atoms with Gasteiger partial charge in [-0.2, -0.15) is 0 Å². The summed E-state index contributed by atoms with van der Waals surface area (Å²) in [6, 6.07) is 0. The van der Waals surface area contributed by atoms with Crippen LogP contribution in [0.2, 0.25) is 0 Å². The molecule has 0 spiro atoms. The summed E-state index contributed by atoms with van der Waals surface area (Å²) in [6.45, 7) is 0. The third-order valence-corrected chi connectivity index (χ3v) is 52.1. The van der Waals surface area contributed by atoms with Gasteiger partial charge >= 0.3 is 39.0 Å². The molecule has 54 unspecified atom stereocenters. The average molecular weight is 2340 g/mol. The predicted molar refractivity (Wildman–Crippen MR) is 525 cm³/mol. The quantitative estimate of drug-likeness (QED) is 0.111. The first kappa shape index (κ1) is 109. The van der Waals surface area contributed by atoms with Gasteiger partial charge in [0.2, 0.25) is 0 Å². The molecule has 0 amide bonds. The second-order valence-electron chi connectivity index (χ2n) is 50.4. The van der Waals surface area contributed by atoms with Crippen molar-refractivity contribution >= 4 is 60.7 Å². The van der Waals surface area contributed by atoms with Crippen molar-refractivity contribution in [3.05, 3.63) is 0 Å². The third kappa shape index (κ3) is 20.5. The predicted octanol–water partition coefficient (Wildman–Crippen LogP) is -1.05. The van der Waals surface area contributed by atoms with E-state index in [-0.39, 0.29) is 205 Å². The summed E-state index contributed by atoms with van der Waals surface area (Å²) in [5, 5.41) is 83.1. The molecule has 24 N–H and O–H groups in total. The average Bonchev–Trinajstić information content (AvgIpc) is 1.58. The molecule has 0 aromatic rings. The summed E-state index contributed by atoms with van der Waals surface area (Å²) < 4.78 is 229. The Hall–Kier alpha value is -0.253. The molecule has 15 saturated heterocycles. The van der Waals surface area contributed by atoms with Gasteiger partial charge in [0.25, 0.3) is 0 Å². The van der Waals surface area contributed by atoms with E-state index in [9.17, 15) is 77.8 Å². The zero-order valence-electron chi connectivity index (χ0n) is 83.3. The van der Waals surface area contributed by atoms with Crippen LogP contribution < -0.4 is 128 Å². The minimum atomic E-state index is -5.12. The largest absolute Gasteiger partial charge is 3.00 e. The molecule has 146 heavy (non-hydrogen) atoms. The molecule has 828 valence electrons. The van der Waals surface area contributed by atoms with Crippen LogP contribution in [0.4, 0.5) is 0 Å². The van der Waals surface area contributed by atoms with Gasteiger partial charge in [-0.1, -0.05) is 116 Å². The SMILES string of the molecule is O=S(=O)([O-])C1CCC2C3NC4NC(NC5NC(NC6NC(NC(N3)C2C1S(=O)(=O)[O-])C1CCCCC61)C1CCCCC51)C1CCCCC41.O=S(=O)([O-])C1CCC2C3NC4NC(NC5NC(NC6NC(NC(N3)C2C1S(=O)(=O)[O-])C1CCCCC61)C1CCCCC51)C1CCCCC41.O=S(=O)([O-])C1CCC2C3NC4NC(NC5NC(NC6NC(NC(N3)C2C1S(=O)(=O)[O-])C1CCCCC61)C1CCCCC51)C1CCCCC41.[Rh+3].[Rh+3]. The summed E-state index contributed by atoms with van der Waals surface area (Å²) in [6.07, 6.45) is 40.6. The van der Waals surface area contributed by atoms with Crippen molar-refractivity contribution in [2.45, 2.75) is 449 Å². The molecule has 12 aliphatic carbocycles. The van der Waals surface area contributed by atoms with Gasteiger partial charge in [0, 0.05) is 17.8 Å². The minimum absolute atomic E-state index is 0. The molecule has 0 radical (unpaired) electrons. The topological polar surface area (TPSA) is 632 Å². The molecule has 54 atom stereocenters. The Labute approximate surface area is 889 Å². The van der Waals surface area contributed by atoms with Gasteiger partial charge in [-0.25, -0.2) is 50.5 Å². The smallest absolute Gasteiger partial charge is 0.748 e. The second kappa shape index (κ2) is 43.0. The maximum Gasteiger partial charge on any atom is 3.00 e. The van der Waals surface area contributed by atoms with Crippen LogP contribution in [-0.4, -0.2) is 257 Å². The molecular formula is C96H162N24O18Rh2S6. The summed E-state index contributed by atoms with van der Waals surface area (Å²) in [5.74, 6) is 4.25. The summed E-state index contributed by atoms with van der Waals surface area (Å²) in [7, 11) is -30.4. The van der Waals surface area contributed by atoms with Crippen LogP contribution in [0.15, 0.2) is 0 Å². The molecular weight excluding hydrogens is 2180 g/mol. The number of nitrogens with one attached hydrogen (secondary N) is 24. The molecule has 12 saturated carbocycles. The molecule has 27 fully saturated rings. The first-order chi connectivity index (χ1) is 69.1. The first-order valence-electron chi connectivity index (χ1n) is 57.1. The van der Waals surface area contributed by atoms with Gasteiger partial charge in [0.1, 0.15) is 0 Å². The Balaban J connectivity index is 0.000000120. The van der Waals surface area contributed by atoms with Crippen molar-refractivity contribution in [2.24, 2.45) is 142 Å². The van der Waals surface area contributed by atoms with E-state index in [1.54, 1.807) is 0 Å². The Morgan fingerprint density at radius 1 is 0.123 bits per heavy atom. The standard InChI is InChI=1S/3C32H56N8O6S2.2Rh/c3*41-47(42,43)22-14-13-21-23(24(22)48(44,45)46)32-39-30-20-12-6-5-11-19(20)28(37-30)35-26-16-8-2-1-7-15(16)25(33-26)34-27-17-9-3-4-10-18(17)29(36-27)38-31(21)40-32;;/h3*15-40H,1-14H2,(H,41,42,43)(H,44,45,46);;/q;;;2*+3/p-6. The molecule has 0 aromatic heterocycles. The normalized spacial score (nSPS) is 53.1. The van der Waals surface area contributed by atoms with E-state index in [2.05, 4.69) is 128 Å².